The maximum Gasteiger partial charge on any atom is 0.340 e. The summed E-state index contributed by atoms with van der Waals surface area (Å²) >= 11 is 0. The molecule has 1 aromatic heterocycles. The van der Waals surface area contributed by atoms with Gasteiger partial charge in [-0.3, -0.25) is 4.98 Å². The van der Waals surface area contributed by atoms with Gasteiger partial charge in [0.15, 0.2) is 0 Å². The maximum atomic E-state index is 10.4. The van der Waals surface area contributed by atoms with E-state index < -0.39 is 0 Å². The van der Waals surface area contributed by atoms with E-state index in [1.165, 1.54) is 0 Å². The Hall–Kier alpha value is -1.06. The van der Waals surface area contributed by atoms with Gasteiger partial charge in [0, 0.05) is 8.77 Å². The summed E-state index contributed by atoms with van der Waals surface area (Å²) in [6.07, 6.45) is 0. The molecule has 0 atom stereocenters. The van der Waals surface area contributed by atoms with Crippen LogP contribution in [0.1, 0.15) is 28.4 Å². The van der Waals surface area contributed by atoms with Crippen LogP contribution in [0.5, 0.6) is 0 Å². The molecule has 0 spiro atoms. The molecule has 0 unspecified atom stereocenters. The molecule has 0 radical (unpaired) electrons. The Kier molecular flexibility index (Phi) is 1.38. The molecule has 1 aromatic rings. The summed E-state index contributed by atoms with van der Waals surface area (Å²) in [5, 5.41) is 6.01. The largest absolute Gasteiger partial charge is 0.340 e. The summed E-state index contributed by atoms with van der Waals surface area (Å²) in [5.41, 5.74) is -0.237. The minimum Gasteiger partial charge on any atom is -0.293 e. The van der Waals surface area contributed by atoms with Crippen molar-refractivity contribution in [1.82, 2.24) is 15.2 Å². The van der Waals surface area contributed by atoms with E-state index in [-0.39, 0.29) is 14.5 Å². The molecule has 0 bridgehead atoms. The molecule has 0 saturated heterocycles. The lowest BCUT2D eigenvalue weighted by Gasteiger charge is -1.93. The predicted octanol–water partition coefficient (Wildman–Crippen LogP) is 0.713. The van der Waals surface area contributed by atoms with Crippen LogP contribution >= 0.6 is 0 Å². The number of aromatic nitrogens is 3. The van der Waals surface area contributed by atoms with E-state index in [9.17, 15) is 4.79 Å². The molecule has 54 valence electrons. The average Bonchev–Trinajstić information content (AvgIpc) is 2.14. The summed E-state index contributed by atoms with van der Waals surface area (Å²) in [6, 6.07) is 0. The van der Waals surface area contributed by atoms with Crippen molar-refractivity contribution in [3.05, 3.63) is 16.3 Å². The van der Waals surface area contributed by atoms with Crippen LogP contribution in [-0.2, 0) is 0 Å². The highest BCUT2D eigenvalue weighted by Crippen LogP contribution is 2.02. The summed E-state index contributed by atoms with van der Waals surface area (Å²) < 4.78 is 0. The molecular weight excluding hydrogens is 118 g/mol. The second kappa shape index (κ2) is 2.05. The van der Waals surface area contributed by atoms with Gasteiger partial charge in [0.25, 0.3) is 0 Å². The smallest absolute Gasteiger partial charge is 0.293 e. The number of aromatic amines is 2. The van der Waals surface area contributed by atoms with Crippen LogP contribution in [-0.4, -0.2) is 15.2 Å². The minimum atomic E-state index is -0.237. The van der Waals surface area contributed by atoms with Gasteiger partial charge in [-0.05, 0) is 0 Å². The van der Waals surface area contributed by atoms with Crippen molar-refractivity contribution < 1.29 is 2.85 Å². The molecule has 0 aliphatic heterocycles. The van der Waals surface area contributed by atoms with Crippen LogP contribution in [0.3, 0.4) is 0 Å². The molecule has 4 nitrogen and oxygen atoms in total. The van der Waals surface area contributed by atoms with E-state index in [0.29, 0.717) is 5.82 Å². The summed E-state index contributed by atoms with van der Waals surface area (Å²) in [4.78, 5) is 13.0. The standard InChI is InChI=1S/C5H9N3O.2H2/c1-3(2)4-6-5(9)8-7-4;;/h3H,1-2H3,(H2,6,7,8,9);2*1H. The first kappa shape index (κ1) is 6.07. The molecular formula is C5H13N3O. The van der Waals surface area contributed by atoms with Gasteiger partial charge >= 0.3 is 5.69 Å². The van der Waals surface area contributed by atoms with Gasteiger partial charge in [-0.15, -0.1) is 0 Å². The summed E-state index contributed by atoms with van der Waals surface area (Å²) in [6.45, 7) is 3.93. The highest BCUT2D eigenvalue weighted by Gasteiger charge is 2.00. The molecule has 1 rings (SSSR count). The Bertz CT molecular complexity index is 242. The van der Waals surface area contributed by atoms with E-state index in [2.05, 4.69) is 15.2 Å². The fourth-order valence-corrected chi connectivity index (χ4v) is 0.557. The van der Waals surface area contributed by atoms with Gasteiger partial charge < -0.3 is 0 Å². The lowest BCUT2D eigenvalue weighted by molar-refractivity contribution is 0.780. The Labute approximate surface area is 55.3 Å². The highest BCUT2D eigenvalue weighted by molar-refractivity contribution is 4.86. The van der Waals surface area contributed by atoms with E-state index >= 15 is 0 Å². The van der Waals surface area contributed by atoms with Crippen LogP contribution < -0.4 is 5.69 Å². The van der Waals surface area contributed by atoms with Gasteiger partial charge in [0.1, 0.15) is 5.82 Å². The SMILES string of the molecule is CC(C)c1n[nH]c(=O)[nH]1.[HH].[HH]. The van der Waals surface area contributed by atoms with E-state index in [1.807, 2.05) is 13.8 Å². The third-order valence-corrected chi connectivity index (χ3v) is 1.07. The normalized spacial score (nSPS) is 10.6. The molecule has 0 fully saturated rings. The monoisotopic (exact) mass is 131 g/mol. The van der Waals surface area contributed by atoms with E-state index in [1.54, 1.807) is 0 Å². The zero-order chi connectivity index (χ0) is 6.85. The minimum absolute atomic E-state index is 0. The van der Waals surface area contributed by atoms with Crippen molar-refractivity contribution in [2.75, 3.05) is 0 Å². The molecule has 0 aromatic carbocycles. The number of hydrogen-bond donors (Lipinski definition) is 2. The van der Waals surface area contributed by atoms with Crippen molar-refractivity contribution in [2.24, 2.45) is 0 Å². The molecule has 2 N–H and O–H groups in total. The molecule has 4 heteroatoms. The van der Waals surface area contributed by atoms with Gasteiger partial charge in [0.2, 0.25) is 0 Å². The van der Waals surface area contributed by atoms with Crippen molar-refractivity contribution in [3.63, 3.8) is 0 Å². The van der Waals surface area contributed by atoms with Gasteiger partial charge in [-0.2, -0.15) is 5.10 Å². The lowest BCUT2D eigenvalue weighted by atomic mass is 10.2. The third kappa shape index (κ3) is 1.19. The van der Waals surface area contributed by atoms with Gasteiger partial charge in [-0.1, -0.05) is 13.8 Å². The van der Waals surface area contributed by atoms with Crippen LogP contribution in [0.15, 0.2) is 4.79 Å². The molecule has 1 heterocycles. The van der Waals surface area contributed by atoms with Gasteiger partial charge in [-0.25, -0.2) is 9.89 Å². The third-order valence-electron chi connectivity index (χ3n) is 1.07. The number of hydrogen-bond acceptors (Lipinski definition) is 2. The van der Waals surface area contributed by atoms with E-state index in [4.69, 9.17) is 0 Å². The Morgan fingerprint density at radius 3 is 2.56 bits per heavy atom. The first-order chi connectivity index (χ1) is 4.20. The second-order valence-corrected chi connectivity index (χ2v) is 2.22. The van der Waals surface area contributed by atoms with E-state index in [0.717, 1.165) is 0 Å². The molecule has 0 saturated carbocycles. The second-order valence-electron chi connectivity index (χ2n) is 2.22. The number of nitrogens with zero attached hydrogens (tertiary/aromatic N) is 1. The van der Waals surface area contributed by atoms with Crippen molar-refractivity contribution in [3.8, 4) is 0 Å². The van der Waals surface area contributed by atoms with Gasteiger partial charge in [0.05, 0.1) is 0 Å². The topological polar surface area (TPSA) is 61.5 Å². The quantitative estimate of drug-likeness (QED) is 0.589. The fraction of sp³-hybridized carbons (Fsp3) is 0.600. The molecule has 0 aliphatic rings. The molecule has 0 aliphatic carbocycles. The lowest BCUT2D eigenvalue weighted by Crippen LogP contribution is -2.01. The summed E-state index contributed by atoms with van der Waals surface area (Å²) in [5.74, 6) is 0.990. The highest BCUT2D eigenvalue weighted by atomic mass is 16.1. The number of nitrogens with one attached hydrogen (secondary N) is 2. The first-order valence-corrected chi connectivity index (χ1v) is 2.84. The van der Waals surface area contributed by atoms with Crippen LogP contribution in [0.2, 0.25) is 0 Å². The van der Waals surface area contributed by atoms with Crippen LogP contribution in [0, 0.1) is 0 Å². The van der Waals surface area contributed by atoms with Crippen LogP contribution in [0.25, 0.3) is 0 Å². The fourth-order valence-electron chi connectivity index (χ4n) is 0.557. The Balaban J connectivity index is 0. The van der Waals surface area contributed by atoms with Crippen molar-refractivity contribution in [1.29, 1.82) is 0 Å². The Morgan fingerprint density at radius 2 is 2.33 bits per heavy atom. The number of H-pyrrole nitrogens is 2. The van der Waals surface area contributed by atoms with Crippen LogP contribution in [0.4, 0.5) is 0 Å². The predicted molar refractivity (Wildman–Crippen MR) is 37.5 cm³/mol. The van der Waals surface area contributed by atoms with Crippen molar-refractivity contribution >= 4 is 0 Å². The zero-order valence-corrected chi connectivity index (χ0v) is 5.43. The molecule has 9 heavy (non-hydrogen) atoms. The number of rotatable bonds is 1. The average molecular weight is 131 g/mol. The summed E-state index contributed by atoms with van der Waals surface area (Å²) in [7, 11) is 0. The van der Waals surface area contributed by atoms with Crippen molar-refractivity contribution in [2.45, 2.75) is 19.8 Å². The Morgan fingerprint density at radius 1 is 1.67 bits per heavy atom. The molecule has 0 amide bonds. The zero-order valence-electron chi connectivity index (χ0n) is 5.43. The first-order valence-electron chi connectivity index (χ1n) is 2.84. The maximum absolute atomic E-state index is 10.4.